The molecule has 0 bridgehead atoms. The number of hydrogen-bond donors (Lipinski definition) is 2. The van der Waals surface area contributed by atoms with Crippen LogP contribution in [0.5, 0.6) is 5.75 Å². The zero-order valence-corrected chi connectivity index (χ0v) is 14.7. The number of rotatable bonds is 6. The Morgan fingerprint density at radius 1 is 1.30 bits per heavy atom. The molecule has 1 aromatic rings. The Balaban J connectivity index is 0.00000192. The summed E-state index contributed by atoms with van der Waals surface area (Å²) in [5.74, 6) is 1.69. The van der Waals surface area contributed by atoms with Crippen molar-refractivity contribution in [1.29, 1.82) is 0 Å². The van der Waals surface area contributed by atoms with E-state index in [2.05, 4.69) is 23.6 Å². The molecule has 4 nitrogen and oxygen atoms in total. The zero-order chi connectivity index (χ0) is 15.2. The summed E-state index contributed by atoms with van der Waals surface area (Å²) in [5.41, 5.74) is 1.20. The fourth-order valence-electron chi connectivity index (χ4n) is 3.71. The van der Waals surface area contributed by atoms with E-state index in [0.29, 0.717) is 18.0 Å². The zero-order valence-electron chi connectivity index (χ0n) is 13.9. The SMILES string of the molecule is Cc1ccccc1OCCNC1CCCC1C1COCCN1.Cl. The number of para-hydroxylation sites is 1. The molecule has 0 amide bonds. The van der Waals surface area contributed by atoms with Crippen molar-refractivity contribution in [3.8, 4) is 5.75 Å². The molecule has 23 heavy (non-hydrogen) atoms. The van der Waals surface area contributed by atoms with E-state index < -0.39 is 0 Å². The van der Waals surface area contributed by atoms with Crippen molar-refractivity contribution in [2.45, 2.75) is 38.3 Å². The van der Waals surface area contributed by atoms with Gasteiger partial charge in [0.1, 0.15) is 12.4 Å². The molecule has 2 aliphatic rings. The fourth-order valence-corrected chi connectivity index (χ4v) is 3.71. The van der Waals surface area contributed by atoms with Gasteiger partial charge in [-0.2, -0.15) is 0 Å². The molecule has 3 rings (SSSR count). The second-order valence-electron chi connectivity index (χ2n) is 6.40. The molecule has 0 radical (unpaired) electrons. The minimum atomic E-state index is 0. The van der Waals surface area contributed by atoms with Gasteiger partial charge in [0.15, 0.2) is 0 Å². The lowest BCUT2D eigenvalue weighted by atomic mass is 9.94. The first-order chi connectivity index (χ1) is 10.8. The highest BCUT2D eigenvalue weighted by Gasteiger charge is 2.34. The predicted molar refractivity (Wildman–Crippen MR) is 95.7 cm³/mol. The van der Waals surface area contributed by atoms with E-state index in [-0.39, 0.29) is 12.4 Å². The van der Waals surface area contributed by atoms with Crippen LogP contribution in [0.1, 0.15) is 24.8 Å². The Hall–Kier alpha value is -0.810. The molecule has 1 heterocycles. The average molecular weight is 341 g/mol. The van der Waals surface area contributed by atoms with Gasteiger partial charge in [0.25, 0.3) is 0 Å². The smallest absolute Gasteiger partial charge is 0.122 e. The number of morpholine rings is 1. The second kappa shape index (κ2) is 9.48. The lowest BCUT2D eigenvalue weighted by Crippen LogP contribution is -2.51. The summed E-state index contributed by atoms with van der Waals surface area (Å²) in [4.78, 5) is 0. The van der Waals surface area contributed by atoms with Crippen LogP contribution in [0.15, 0.2) is 24.3 Å². The van der Waals surface area contributed by atoms with Crippen LogP contribution in [0, 0.1) is 12.8 Å². The van der Waals surface area contributed by atoms with Crippen molar-refractivity contribution in [2.75, 3.05) is 32.9 Å². The summed E-state index contributed by atoms with van der Waals surface area (Å²) < 4.78 is 11.5. The molecular weight excluding hydrogens is 312 g/mol. The number of nitrogens with one attached hydrogen (secondary N) is 2. The lowest BCUT2D eigenvalue weighted by Gasteiger charge is -2.33. The van der Waals surface area contributed by atoms with Crippen LogP contribution in [-0.4, -0.2) is 45.0 Å². The third-order valence-electron chi connectivity index (χ3n) is 4.90. The van der Waals surface area contributed by atoms with Crippen molar-refractivity contribution in [3.63, 3.8) is 0 Å². The number of hydrogen-bond acceptors (Lipinski definition) is 4. The van der Waals surface area contributed by atoms with Gasteiger partial charge in [0.05, 0.1) is 13.2 Å². The van der Waals surface area contributed by atoms with E-state index in [1.54, 1.807) is 0 Å². The van der Waals surface area contributed by atoms with Crippen LogP contribution in [-0.2, 0) is 4.74 Å². The molecule has 2 fully saturated rings. The standard InChI is InChI=1S/C18H28N2O2.ClH/c1-14-5-2-3-8-18(14)22-12-10-19-16-7-4-6-15(16)17-13-21-11-9-20-17;/h2-3,5,8,15-17,19-20H,4,6-7,9-13H2,1H3;1H. The third kappa shape index (κ3) is 5.08. The van der Waals surface area contributed by atoms with E-state index in [1.807, 2.05) is 18.2 Å². The van der Waals surface area contributed by atoms with Crippen molar-refractivity contribution < 1.29 is 9.47 Å². The molecule has 1 aromatic carbocycles. The molecule has 0 aromatic heterocycles. The predicted octanol–water partition coefficient (Wildman–Crippen LogP) is 2.54. The fraction of sp³-hybridized carbons (Fsp3) is 0.667. The van der Waals surface area contributed by atoms with Crippen LogP contribution in [0.4, 0.5) is 0 Å². The highest BCUT2D eigenvalue weighted by atomic mass is 35.5. The summed E-state index contributed by atoms with van der Waals surface area (Å²) >= 11 is 0. The molecule has 2 N–H and O–H groups in total. The molecule has 3 unspecified atom stereocenters. The van der Waals surface area contributed by atoms with Gasteiger partial charge < -0.3 is 20.1 Å². The lowest BCUT2D eigenvalue weighted by molar-refractivity contribution is 0.0523. The van der Waals surface area contributed by atoms with Crippen molar-refractivity contribution >= 4 is 12.4 Å². The van der Waals surface area contributed by atoms with Gasteiger partial charge in [-0.3, -0.25) is 0 Å². The molecule has 5 heteroatoms. The summed E-state index contributed by atoms with van der Waals surface area (Å²) in [5, 5.41) is 7.32. The van der Waals surface area contributed by atoms with Crippen LogP contribution >= 0.6 is 12.4 Å². The maximum Gasteiger partial charge on any atom is 0.122 e. The largest absolute Gasteiger partial charge is 0.492 e. The van der Waals surface area contributed by atoms with Gasteiger partial charge in [-0.25, -0.2) is 0 Å². The monoisotopic (exact) mass is 340 g/mol. The van der Waals surface area contributed by atoms with Crippen LogP contribution < -0.4 is 15.4 Å². The molecule has 1 saturated heterocycles. The van der Waals surface area contributed by atoms with Crippen LogP contribution in [0.25, 0.3) is 0 Å². The van der Waals surface area contributed by atoms with E-state index in [0.717, 1.165) is 38.7 Å². The van der Waals surface area contributed by atoms with E-state index in [1.165, 1.54) is 24.8 Å². The Morgan fingerprint density at radius 2 is 2.17 bits per heavy atom. The highest BCUT2D eigenvalue weighted by molar-refractivity contribution is 5.85. The maximum atomic E-state index is 5.87. The summed E-state index contributed by atoms with van der Waals surface area (Å²) in [7, 11) is 0. The van der Waals surface area contributed by atoms with Crippen molar-refractivity contribution in [3.05, 3.63) is 29.8 Å². The normalized spacial score (nSPS) is 27.4. The van der Waals surface area contributed by atoms with E-state index in [4.69, 9.17) is 9.47 Å². The highest BCUT2D eigenvalue weighted by Crippen LogP contribution is 2.29. The minimum absolute atomic E-state index is 0. The Bertz CT molecular complexity index is 466. The van der Waals surface area contributed by atoms with E-state index in [9.17, 15) is 0 Å². The molecule has 3 atom stereocenters. The molecular formula is C18H29ClN2O2. The van der Waals surface area contributed by atoms with Gasteiger partial charge in [-0.1, -0.05) is 24.6 Å². The summed E-state index contributed by atoms with van der Waals surface area (Å²) in [6.45, 7) is 6.43. The topological polar surface area (TPSA) is 42.5 Å². The van der Waals surface area contributed by atoms with E-state index >= 15 is 0 Å². The first-order valence-electron chi connectivity index (χ1n) is 8.57. The average Bonchev–Trinajstić information content (AvgIpc) is 3.02. The quantitative estimate of drug-likeness (QED) is 0.781. The number of halogens is 1. The Morgan fingerprint density at radius 3 is 2.96 bits per heavy atom. The van der Waals surface area contributed by atoms with Gasteiger partial charge in [0.2, 0.25) is 0 Å². The number of ether oxygens (including phenoxy) is 2. The van der Waals surface area contributed by atoms with Gasteiger partial charge in [0, 0.05) is 25.2 Å². The van der Waals surface area contributed by atoms with Gasteiger partial charge >= 0.3 is 0 Å². The van der Waals surface area contributed by atoms with Crippen LogP contribution in [0.3, 0.4) is 0 Å². The van der Waals surface area contributed by atoms with Crippen molar-refractivity contribution in [2.24, 2.45) is 5.92 Å². The molecule has 1 aliphatic heterocycles. The van der Waals surface area contributed by atoms with Crippen molar-refractivity contribution in [1.82, 2.24) is 10.6 Å². The Labute approximate surface area is 145 Å². The first-order valence-corrected chi connectivity index (χ1v) is 8.57. The molecule has 1 aliphatic carbocycles. The molecule has 1 saturated carbocycles. The summed E-state index contributed by atoms with van der Waals surface area (Å²) in [6, 6.07) is 9.31. The minimum Gasteiger partial charge on any atom is -0.492 e. The molecule has 0 spiro atoms. The summed E-state index contributed by atoms with van der Waals surface area (Å²) in [6.07, 6.45) is 3.89. The first kappa shape index (κ1) is 18.5. The number of aryl methyl sites for hydroxylation is 1. The van der Waals surface area contributed by atoms with Gasteiger partial charge in [-0.05, 0) is 37.3 Å². The molecule has 130 valence electrons. The Kier molecular flexibility index (Phi) is 7.63. The third-order valence-corrected chi connectivity index (χ3v) is 4.90. The van der Waals surface area contributed by atoms with Gasteiger partial charge in [-0.15, -0.1) is 12.4 Å². The second-order valence-corrected chi connectivity index (χ2v) is 6.40. The number of benzene rings is 1. The maximum absolute atomic E-state index is 5.87. The van der Waals surface area contributed by atoms with Crippen LogP contribution in [0.2, 0.25) is 0 Å².